The Morgan fingerprint density at radius 1 is 1.28 bits per heavy atom. The summed E-state index contributed by atoms with van der Waals surface area (Å²) in [6, 6.07) is 8.83. The van der Waals surface area contributed by atoms with Gasteiger partial charge < -0.3 is 4.57 Å². The molecular formula is C14H15NO2S. The van der Waals surface area contributed by atoms with Crippen LogP contribution < -0.4 is 5.56 Å². The van der Waals surface area contributed by atoms with Crippen molar-refractivity contribution in [1.82, 2.24) is 4.57 Å². The van der Waals surface area contributed by atoms with E-state index in [1.807, 2.05) is 25.1 Å². The third-order valence-corrected chi connectivity index (χ3v) is 4.13. The van der Waals surface area contributed by atoms with Crippen LogP contribution in [0.5, 0.6) is 0 Å². The second kappa shape index (κ2) is 5.31. The van der Waals surface area contributed by atoms with Crippen molar-refractivity contribution in [3.05, 3.63) is 56.1 Å². The smallest absolute Gasteiger partial charge is 0.251 e. The molecule has 2 heterocycles. The first-order chi connectivity index (χ1) is 8.61. The number of ketones is 1. The maximum Gasteiger partial charge on any atom is 0.251 e. The first-order valence-corrected chi connectivity index (χ1v) is 6.72. The molecule has 2 aromatic rings. The van der Waals surface area contributed by atoms with Gasteiger partial charge in [-0.15, -0.1) is 11.3 Å². The molecule has 0 unspecified atom stereocenters. The maximum absolute atomic E-state index is 12.1. The van der Waals surface area contributed by atoms with Crippen molar-refractivity contribution in [1.29, 1.82) is 0 Å². The van der Waals surface area contributed by atoms with Crippen LogP contribution in [0.4, 0.5) is 0 Å². The van der Waals surface area contributed by atoms with Crippen molar-refractivity contribution in [2.45, 2.75) is 26.8 Å². The Bertz CT molecular complexity index is 625. The molecule has 0 fully saturated rings. The normalized spacial score (nSPS) is 10.6. The molecule has 0 amide bonds. The van der Waals surface area contributed by atoms with Gasteiger partial charge in [-0.25, -0.2) is 0 Å². The van der Waals surface area contributed by atoms with Gasteiger partial charge in [-0.2, -0.15) is 0 Å². The molecule has 0 bridgehead atoms. The lowest BCUT2D eigenvalue weighted by molar-refractivity contribution is 0.0974. The molecule has 0 atom stereocenters. The summed E-state index contributed by atoms with van der Waals surface area (Å²) in [5.74, 6) is -0.00361. The molecule has 0 aromatic carbocycles. The fourth-order valence-corrected chi connectivity index (χ4v) is 2.64. The summed E-state index contributed by atoms with van der Waals surface area (Å²) < 4.78 is 1.51. The number of aryl methyl sites for hydroxylation is 2. The van der Waals surface area contributed by atoms with E-state index in [9.17, 15) is 9.59 Å². The van der Waals surface area contributed by atoms with Gasteiger partial charge in [-0.3, -0.25) is 9.59 Å². The molecule has 0 saturated carbocycles. The lowest BCUT2D eigenvalue weighted by Crippen LogP contribution is -2.24. The predicted molar refractivity (Wildman–Crippen MR) is 73.5 cm³/mol. The van der Waals surface area contributed by atoms with E-state index in [0.717, 1.165) is 17.0 Å². The average Bonchev–Trinajstić information content (AvgIpc) is 2.82. The second-order valence-electron chi connectivity index (χ2n) is 4.13. The molecule has 18 heavy (non-hydrogen) atoms. The lowest BCUT2D eigenvalue weighted by atomic mass is 10.3. The Hall–Kier alpha value is -1.68. The number of carbonyl (C=O) groups excluding carboxylic acids is 1. The predicted octanol–water partition coefficient (Wildman–Crippen LogP) is 2.66. The number of rotatable bonds is 4. The molecule has 3 nitrogen and oxygen atoms in total. The van der Waals surface area contributed by atoms with E-state index in [1.165, 1.54) is 26.8 Å². The Labute approximate surface area is 110 Å². The molecule has 0 spiro atoms. The summed E-state index contributed by atoms with van der Waals surface area (Å²) in [6.45, 7) is 4.02. The minimum Gasteiger partial charge on any atom is -0.305 e. The number of nitrogens with zero attached hydrogens (tertiary/aromatic N) is 1. The third kappa shape index (κ3) is 2.59. The quantitative estimate of drug-likeness (QED) is 0.794. The van der Waals surface area contributed by atoms with Gasteiger partial charge in [0.2, 0.25) is 0 Å². The number of hydrogen-bond donors (Lipinski definition) is 0. The standard InChI is InChI=1S/C14H15NO2S/c1-3-11-7-8-13(18-11)12(16)9-15-10(2)5-4-6-14(15)17/h4-8H,3,9H2,1-2H3. The van der Waals surface area contributed by atoms with Crippen molar-refractivity contribution in [3.63, 3.8) is 0 Å². The van der Waals surface area contributed by atoms with Gasteiger partial charge in [0, 0.05) is 16.6 Å². The molecule has 0 aliphatic heterocycles. The SMILES string of the molecule is CCc1ccc(C(=O)Cn2c(C)cccc2=O)s1. The summed E-state index contributed by atoms with van der Waals surface area (Å²) in [5.41, 5.74) is 0.679. The number of carbonyl (C=O) groups is 1. The van der Waals surface area contributed by atoms with E-state index in [2.05, 4.69) is 6.92 Å². The zero-order valence-electron chi connectivity index (χ0n) is 10.5. The first kappa shape index (κ1) is 12.8. The molecule has 0 N–H and O–H groups in total. The third-order valence-electron chi connectivity index (χ3n) is 2.85. The Balaban J connectivity index is 2.24. The lowest BCUT2D eigenvalue weighted by Gasteiger charge is -2.07. The Kier molecular flexibility index (Phi) is 3.77. The summed E-state index contributed by atoms with van der Waals surface area (Å²) >= 11 is 1.51. The largest absolute Gasteiger partial charge is 0.305 e. The fraction of sp³-hybridized carbons (Fsp3) is 0.286. The molecule has 0 radical (unpaired) electrons. The van der Waals surface area contributed by atoms with Crippen molar-refractivity contribution in [2.24, 2.45) is 0 Å². The Morgan fingerprint density at radius 2 is 2.06 bits per heavy atom. The maximum atomic E-state index is 12.1. The van der Waals surface area contributed by atoms with Crippen molar-refractivity contribution >= 4 is 17.1 Å². The van der Waals surface area contributed by atoms with Crippen molar-refractivity contribution < 1.29 is 4.79 Å². The highest BCUT2D eigenvalue weighted by Crippen LogP contribution is 2.18. The summed E-state index contributed by atoms with van der Waals surface area (Å²) in [5, 5.41) is 0. The van der Waals surface area contributed by atoms with Crippen LogP contribution in [0.15, 0.2) is 35.1 Å². The zero-order valence-corrected chi connectivity index (χ0v) is 11.3. The minimum absolute atomic E-state index is 0.00361. The van der Waals surface area contributed by atoms with Gasteiger partial charge in [0.25, 0.3) is 5.56 Å². The van der Waals surface area contributed by atoms with Crippen LogP contribution >= 0.6 is 11.3 Å². The number of Topliss-reactive ketones (excluding diaryl/α,β-unsaturated/α-hetero) is 1. The van der Waals surface area contributed by atoms with Gasteiger partial charge >= 0.3 is 0 Å². The van der Waals surface area contributed by atoms with Gasteiger partial charge in [0.15, 0.2) is 5.78 Å². The first-order valence-electron chi connectivity index (χ1n) is 5.90. The number of thiophene rings is 1. The average molecular weight is 261 g/mol. The summed E-state index contributed by atoms with van der Waals surface area (Å²) in [7, 11) is 0. The van der Waals surface area contributed by atoms with E-state index in [4.69, 9.17) is 0 Å². The van der Waals surface area contributed by atoms with Gasteiger partial charge in [-0.05, 0) is 31.5 Å². The van der Waals surface area contributed by atoms with Crippen LogP contribution in [-0.2, 0) is 13.0 Å². The van der Waals surface area contributed by atoms with Crippen LogP contribution in [0.25, 0.3) is 0 Å². The zero-order chi connectivity index (χ0) is 13.1. The molecule has 4 heteroatoms. The van der Waals surface area contributed by atoms with Crippen LogP contribution in [0, 0.1) is 6.92 Å². The van der Waals surface area contributed by atoms with Crippen LogP contribution in [0.3, 0.4) is 0 Å². The molecule has 0 saturated heterocycles. The van der Waals surface area contributed by atoms with Crippen LogP contribution in [0.1, 0.15) is 27.2 Å². The molecule has 94 valence electrons. The van der Waals surface area contributed by atoms with Crippen LogP contribution in [0.2, 0.25) is 0 Å². The number of hydrogen-bond acceptors (Lipinski definition) is 3. The number of pyridine rings is 1. The van der Waals surface area contributed by atoms with E-state index in [-0.39, 0.29) is 17.9 Å². The van der Waals surface area contributed by atoms with Crippen molar-refractivity contribution in [3.8, 4) is 0 Å². The molecular weight excluding hydrogens is 246 g/mol. The van der Waals surface area contributed by atoms with E-state index in [1.54, 1.807) is 6.07 Å². The van der Waals surface area contributed by atoms with Gasteiger partial charge in [0.05, 0.1) is 11.4 Å². The van der Waals surface area contributed by atoms with E-state index >= 15 is 0 Å². The molecule has 2 aromatic heterocycles. The Morgan fingerprint density at radius 3 is 2.67 bits per heavy atom. The van der Waals surface area contributed by atoms with E-state index in [0.29, 0.717) is 0 Å². The van der Waals surface area contributed by atoms with Crippen molar-refractivity contribution in [2.75, 3.05) is 0 Å². The summed E-state index contributed by atoms with van der Waals surface area (Å²) in [6.07, 6.45) is 0.933. The molecule has 0 aliphatic carbocycles. The highest BCUT2D eigenvalue weighted by molar-refractivity contribution is 7.14. The highest BCUT2D eigenvalue weighted by atomic mass is 32.1. The molecule has 0 aliphatic rings. The number of aromatic nitrogens is 1. The van der Waals surface area contributed by atoms with E-state index < -0.39 is 0 Å². The van der Waals surface area contributed by atoms with Gasteiger partial charge in [0.1, 0.15) is 0 Å². The second-order valence-corrected chi connectivity index (χ2v) is 5.30. The van der Waals surface area contributed by atoms with Crippen LogP contribution in [-0.4, -0.2) is 10.4 Å². The monoisotopic (exact) mass is 261 g/mol. The fourth-order valence-electron chi connectivity index (χ4n) is 1.77. The summed E-state index contributed by atoms with van der Waals surface area (Å²) in [4.78, 5) is 25.7. The highest BCUT2D eigenvalue weighted by Gasteiger charge is 2.11. The topological polar surface area (TPSA) is 39.1 Å². The van der Waals surface area contributed by atoms with Gasteiger partial charge in [-0.1, -0.05) is 13.0 Å². The molecule has 2 rings (SSSR count). The minimum atomic E-state index is -0.129.